The highest BCUT2D eigenvalue weighted by Gasteiger charge is 2.16. The topological polar surface area (TPSA) is 126 Å². The van der Waals surface area contributed by atoms with Gasteiger partial charge >= 0.3 is 11.9 Å². The number of carboxylic acids is 2. The number of hydrogen-bond donors (Lipinski definition) is 2. The fourth-order valence-corrected chi connectivity index (χ4v) is 5.93. The van der Waals surface area contributed by atoms with Crippen LogP contribution in [-0.4, -0.2) is 37.1 Å². The summed E-state index contributed by atoms with van der Waals surface area (Å²) in [6, 6.07) is 21.3. The number of hydrogen-bond acceptors (Lipinski definition) is 8. The van der Waals surface area contributed by atoms with Gasteiger partial charge in [-0.2, -0.15) is 0 Å². The normalized spacial score (nSPS) is 11.0. The van der Waals surface area contributed by atoms with Crippen LogP contribution in [0.15, 0.2) is 89.6 Å². The molecule has 6 aromatic rings. The van der Waals surface area contributed by atoms with Gasteiger partial charge in [0.05, 0.1) is 43.7 Å². The molecule has 40 heavy (non-hydrogen) atoms. The predicted molar refractivity (Wildman–Crippen MR) is 154 cm³/mol. The van der Waals surface area contributed by atoms with E-state index in [1.54, 1.807) is 28.9 Å². The molecule has 6 heterocycles. The number of thiophene rings is 2. The third-order valence-electron chi connectivity index (χ3n) is 6.09. The van der Waals surface area contributed by atoms with E-state index in [0.29, 0.717) is 11.4 Å². The maximum atomic E-state index is 11.9. The van der Waals surface area contributed by atoms with Crippen molar-refractivity contribution < 1.29 is 24.2 Å². The van der Waals surface area contributed by atoms with Crippen molar-refractivity contribution in [3.05, 3.63) is 101 Å². The van der Waals surface area contributed by atoms with Crippen LogP contribution >= 0.6 is 22.7 Å². The molecule has 8 nitrogen and oxygen atoms in total. The first kappa shape index (κ1) is 25.4. The van der Waals surface area contributed by atoms with E-state index in [0.717, 1.165) is 31.7 Å². The third-order valence-corrected chi connectivity index (χ3v) is 8.25. The molecule has 0 unspecified atom stereocenters. The molecule has 0 spiro atoms. The smallest absolute Gasteiger partial charge is 0.335 e. The fourth-order valence-electron chi connectivity index (χ4n) is 4.14. The lowest BCUT2D eigenvalue weighted by Crippen LogP contribution is -2.02. The van der Waals surface area contributed by atoms with E-state index in [9.17, 15) is 19.8 Å². The average Bonchev–Trinajstić information content (AvgIpc) is 3.74. The highest BCUT2D eigenvalue weighted by Crippen LogP contribution is 2.38. The van der Waals surface area contributed by atoms with Crippen LogP contribution in [0.3, 0.4) is 0 Å². The zero-order valence-electron chi connectivity index (χ0n) is 20.9. The number of rotatable bonds is 7. The number of carboxylic acid groups (broad SMARTS) is 2. The number of aromatic carboxylic acids is 2. The van der Waals surface area contributed by atoms with Crippen molar-refractivity contribution in [3.8, 4) is 54.5 Å². The third kappa shape index (κ3) is 5.05. The van der Waals surface area contributed by atoms with Crippen LogP contribution in [0.1, 0.15) is 25.6 Å². The molecule has 0 amide bonds. The molecular formula is C30H19N3O5S2. The number of furan rings is 1. The van der Waals surface area contributed by atoms with E-state index >= 15 is 0 Å². The second-order valence-corrected chi connectivity index (χ2v) is 11.2. The summed E-state index contributed by atoms with van der Waals surface area (Å²) < 4.78 is 6.13. The molecule has 0 aliphatic rings. The first-order valence-electron chi connectivity index (χ1n) is 12.0. The van der Waals surface area contributed by atoms with Crippen molar-refractivity contribution >= 4 is 34.6 Å². The molecule has 2 N–H and O–H groups in total. The molecule has 0 saturated heterocycles. The van der Waals surface area contributed by atoms with E-state index in [-0.39, 0.29) is 22.5 Å². The van der Waals surface area contributed by atoms with Crippen molar-refractivity contribution in [3.63, 3.8) is 0 Å². The first-order chi connectivity index (χ1) is 19.3. The highest BCUT2D eigenvalue weighted by atomic mass is 32.1. The van der Waals surface area contributed by atoms with Crippen molar-refractivity contribution in [1.82, 2.24) is 15.0 Å². The van der Waals surface area contributed by atoms with Gasteiger partial charge in [-0.3, -0.25) is 9.97 Å². The molecule has 0 aliphatic carbocycles. The lowest BCUT2D eigenvalue weighted by molar-refractivity contribution is 0.0686. The lowest BCUT2D eigenvalue weighted by atomic mass is 10.1. The maximum Gasteiger partial charge on any atom is 0.335 e. The maximum absolute atomic E-state index is 11.9. The van der Waals surface area contributed by atoms with Crippen LogP contribution < -0.4 is 0 Å². The van der Waals surface area contributed by atoms with Gasteiger partial charge in [-0.05, 0) is 85.3 Å². The summed E-state index contributed by atoms with van der Waals surface area (Å²) in [4.78, 5) is 40.8. The summed E-state index contributed by atoms with van der Waals surface area (Å²) in [5.41, 5.74) is 2.19. The Labute approximate surface area is 235 Å². The van der Waals surface area contributed by atoms with Gasteiger partial charge in [-0.25, -0.2) is 14.6 Å². The van der Waals surface area contributed by atoms with Crippen LogP contribution in [0.2, 0.25) is 0 Å². The molecule has 0 aromatic carbocycles. The van der Waals surface area contributed by atoms with Crippen molar-refractivity contribution in [2.24, 2.45) is 0 Å². The molecule has 0 aliphatic heterocycles. The van der Waals surface area contributed by atoms with Crippen LogP contribution in [0.5, 0.6) is 0 Å². The van der Waals surface area contributed by atoms with Crippen molar-refractivity contribution in [2.75, 3.05) is 0 Å². The number of carbonyl (C=O) groups is 2. The van der Waals surface area contributed by atoms with Gasteiger partial charge in [-0.15, -0.1) is 22.7 Å². The van der Waals surface area contributed by atoms with E-state index in [1.165, 1.54) is 35.3 Å². The Kier molecular flexibility index (Phi) is 6.54. The standard InChI is InChI=1S/C30H19N3O5S2/c1-16-2-5-27(39-16)24-3-4-25(38-24)28-7-6-26(40-28)17-8-10-31-20(12-17)22-14-19(30(36)37)15-23(33-22)21-13-18(29(34)35)9-11-32-21/h2-15H,1H3,(H,34,35)(H,36,37). The summed E-state index contributed by atoms with van der Waals surface area (Å²) >= 11 is 3.26. The van der Waals surface area contributed by atoms with Crippen LogP contribution in [0.25, 0.3) is 54.5 Å². The summed E-state index contributed by atoms with van der Waals surface area (Å²) in [5.74, 6) is -0.648. The van der Waals surface area contributed by atoms with Gasteiger partial charge in [-0.1, -0.05) is 0 Å². The molecule has 196 valence electrons. The molecule has 0 bridgehead atoms. The number of aromatic nitrogens is 3. The van der Waals surface area contributed by atoms with Crippen molar-refractivity contribution in [2.45, 2.75) is 6.92 Å². The minimum absolute atomic E-state index is 0.0114. The van der Waals surface area contributed by atoms with Gasteiger partial charge in [0.1, 0.15) is 11.5 Å². The van der Waals surface area contributed by atoms with Crippen LogP contribution in [0.4, 0.5) is 0 Å². The molecule has 0 radical (unpaired) electrons. The van der Waals surface area contributed by atoms with Crippen LogP contribution in [0, 0.1) is 6.92 Å². The minimum Gasteiger partial charge on any atom is -0.478 e. The Morgan fingerprint density at radius 3 is 1.88 bits per heavy atom. The van der Waals surface area contributed by atoms with Gasteiger partial charge in [0, 0.05) is 22.1 Å². The number of aryl methyl sites for hydroxylation is 1. The van der Waals surface area contributed by atoms with E-state index in [1.807, 2.05) is 36.4 Å². The zero-order valence-corrected chi connectivity index (χ0v) is 22.5. The largest absolute Gasteiger partial charge is 0.478 e. The molecule has 6 aromatic heterocycles. The highest BCUT2D eigenvalue weighted by molar-refractivity contribution is 7.18. The Bertz CT molecular complexity index is 1900. The van der Waals surface area contributed by atoms with Gasteiger partial charge < -0.3 is 14.6 Å². The molecule has 10 heteroatoms. The molecule has 6 rings (SSSR count). The second kappa shape index (κ2) is 10.3. The van der Waals surface area contributed by atoms with Gasteiger partial charge in [0.25, 0.3) is 0 Å². The Balaban J connectivity index is 1.34. The van der Waals surface area contributed by atoms with Gasteiger partial charge in [0.15, 0.2) is 0 Å². The van der Waals surface area contributed by atoms with Crippen molar-refractivity contribution in [1.29, 1.82) is 0 Å². The second-order valence-electron chi connectivity index (χ2n) is 8.83. The average molecular weight is 566 g/mol. The van der Waals surface area contributed by atoms with E-state index in [2.05, 4.69) is 34.0 Å². The number of nitrogens with zero attached hydrogens (tertiary/aromatic N) is 3. The summed E-state index contributed by atoms with van der Waals surface area (Å²) in [5, 5.41) is 19.1. The Hall–Kier alpha value is -4.93. The monoisotopic (exact) mass is 565 g/mol. The lowest BCUT2D eigenvalue weighted by Gasteiger charge is -2.08. The summed E-state index contributed by atoms with van der Waals surface area (Å²) in [6.07, 6.45) is 3.00. The van der Waals surface area contributed by atoms with E-state index < -0.39 is 11.9 Å². The summed E-state index contributed by atoms with van der Waals surface area (Å²) in [6.45, 7) is 2.06. The minimum atomic E-state index is -1.14. The zero-order chi connectivity index (χ0) is 27.8. The first-order valence-corrected chi connectivity index (χ1v) is 13.7. The number of pyridine rings is 3. The molecular weight excluding hydrogens is 546 g/mol. The Morgan fingerprint density at radius 2 is 1.23 bits per heavy atom. The quantitative estimate of drug-likeness (QED) is 0.202. The molecule has 0 saturated carbocycles. The van der Waals surface area contributed by atoms with E-state index in [4.69, 9.17) is 4.42 Å². The Morgan fingerprint density at radius 1 is 0.650 bits per heavy atom. The SMILES string of the molecule is Cc1ccc(-c2ccc(-c3ccc(-c4ccnc(-c5cc(C(=O)O)cc(-c6cc(C(=O)O)ccn6)n5)c4)s3)o2)s1. The summed E-state index contributed by atoms with van der Waals surface area (Å²) in [7, 11) is 0. The predicted octanol–water partition coefficient (Wildman–Crippen LogP) is 7.63. The van der Waals surface area contributed by atoms with Crippen LogP contribution in [-0.2, 0) is 0 Å². The molecule has 0 fully saturated rings. The molecule has 0 atom stereocenters. The van der Waals surface area contributed by atoms with Gasteiger partial charge in [0.2, 0.25) is 0 Å². The fraction of sp³-hybridized carbons (Fsp3) is 0.0333.